The Balaban J connectivity index is 1.89. The van der Waals surface area contributed by atoms with Crippen LogP contribution in [0.2, 0.25) is 0 Å². The topological polar surface area (TPSA) is 62.0 Å². The van der Waals surface area contributed by atoms with E-state index >= 15 is 0 Å². The van der Waals surface area contributed by atoms with Gasteiger partial charge in [0, 0.05) is 19.0 Å². The van der Waals surface area contributed by atoms with Crippen LogP contribution in [0, 0.1) is 0 Å². The van der Waals surface area contributed by atoms with Crippen molar-refractivity contribution >= 4 is 0 Å². The largest absolute Gasteiger partial charge is 0.390 e. The Morgan fingerprint density at radius 1 is 1.24 bits per heavy atom. The van der Waals surface area contributed by atoms with Crippen LogP contribution in [0.1, 0.15) is 24.3 Å². The quantitative estimate of drug-likeness (QED) is 0.836. The standard InChI is InChI=1S/C15H27N3O3/c1-17(2)9-13-8-11(16-21-13)7-12-5-6-14(19)15(20-12)10-18(3)4/h8,12,14-15,19H,5-7,9-10H2,1-4H3/t12-,14-,15+/m0/s1. The highest BCUT2D eigenvalue weighted by Crippen LogP contribution is 2.23. The van der Waals surface area contributed by atoms with Gasteiger partial charge in [0.25, 0.3) is 0 Å². The van der Waals surface area contributed by atoms with E-state index in [4.69, 9.17) is 9.26 Å². The van der Waals surface area contributed by atoms with E-state index in [1.54, 1.807) is 0 Å². The zero-order valence-electron chi connectivity index (χ0n) is 13.5. The van der Waals surface area contributed by atoms with Crippen LogP contribution in [0.3, 0.4) is 0 Å². The first-order chi connectivity index (χ1) is 9.94. The van der Waals surface area contributed by atoms with Crippen molar-refractivity contribution in [2.24, 2.45) is 0 Å². The van der Waals surface area contributed by atoms with Crippen molar-refractivity contribution in [1.82, 2.24) is 15.0 Å². The van der Waals surface area contributed by atoms with Gasteiger partial charge in [0.05, 0.1) is 30.6 Å². The summed E-state index contributed by atoms with van der Waals surface area (Å²) < 4.78 is 11.3. The Morgan fingerprint density at radius 2 is 2.00 bits per heavy atom. The maximum atomic E-state index is 10.0. The Hall–Kier alpha value is -0.950. The third-order valence-electron chi connectivity index (χ3n) is 3.64. The number of aromatic nitrogens is 1. The zero-order chi connectivity index (χ0) is 15.4. The van der Waals surface area contributed by atoms with Crippen LogP contribution in [-0.2, 0) is 17.7 Å². The average Bonchev–Trinajstić information content (AvgIpc) is 2.79. The van der Waals surface area contributed by atoms with Gasteiger partial charge in [-0.3, -0.25) is 0 Å². The molecule has 1 fully saturated rings. The summed E-state index contributed by atoms with van der Waals surface area (Å²) in [6.45, 7) is 1.49. The molecule has 0 amide bonds. The van der Waals surface area contributed by atoms with Crippen molar-refractivity contribution in [3.8, 4) is 0 Å². The second kappa shape index (κ2) is 7.35. The molecule has 6 nitrogen and oxygen atoms in total. The summed E-state index contributed by atoms with van der Waals surface area (Å²) in [5.74, 6) is 0.871. The second-order valence-electron chi connectivity index (χ2n) is 6.43. The predicted octanol–water partition coefficient (Wildman–Crippen LogP) is 0.749. The van der Waals surface area contributed by atoms with Crippen LogP contribution in [0.25, 0.3) is 0 Å². The molecular formula is C15H27N3O3. The van der Waals surface area contributed by atoms with Crippen LogP contribution in [0.5, 0.6) is 0 Å². The lowest BCUT2D eigenvalue weighted by Gasteiger charge is -2.35. The lowest BCUT2D eigenvalue weighted by Crippen LogP contribution is -2.45. The summed E-state index contributed by atoms with van der Waals surface area (Å²) in [4.78, 5) is 4.09. The monoisotopic (exact) mass is 297 g/mol. The van der Waals surface area contributed by atoms with Crippen LogP contribution in [0.15, 0.2) is 10.6 Å². The van der Waals surface area contributed by atoms with Crippen molar-refractivity contribution in [3.05, 3.63) is 17.5 Å². The minimum absolute atomic E-state index is 0.107. The van der Waals surface area contributed by atoms with Crippen LogP contribution in [0.4, 0.5) is 0 Å². The van der Waals surface area contributed by atoms with Crippen molar-refractivity contribution in [2.75, 3.05) is 34.7 Å². The van der Waals surface area contributed by atoms with Gasteiger partial charge in [-0.2, -0.15) is 0 Å². The van der Waals surface area contributed by atoms with Gasteiger partial charge in [-0.1, -0.05) is 5.16 Å². The number of hydrogen-bond acceptors (Lipinski definition) is 6. The first kappa shape index (κ1) is 16.4. The number of nitrogens with zero attached hydrogens (tertiary/aromatic N) is 3. The molecular weight excluding hydrogens is 270 g/mol. The molecule has 0 radical (unpaired) electrons. The molecule has 1 aromatic rings. The van der Waals surface area contributed by atoms with E-state index in [0.717, 1.165) is 43.8 Å². The number of rotatable bonds is 6. The SMILES string of the molecule is CN(C)Cc1cc(C[C@@H]2CC[C@H](O)[C@@H](CN(C)C)O2)no1. The molecule has 1 aliphatic heterocycles. The van der Waals surface area contributed by atoms with Gasteiger partial charge >= 0.3 is 0 Å². The molecule has 6 heteroatoms. The Bertz CT molecular complexity index is 434. The zero-order valence-corrected chi connectivity index (χ0v) is 13.5. The highest BCUT2D eigenvalue weighted by Gasteiger charge is 2.30. The maximum Gasteiger partial charge on any atom is 0.150 e. The highest BCUT2D eigenvalue weighted by molar-refractivity contribution is 5.06. The molecule has 0 spiro atoms. The summed E-state index contributed by atoms with van der Waals surface area (Å²) in [6.07, 6.45) is 2.01. The first-order valence-electron chi connectivity index (χ1n) is 7.51. The second-order valence-corrected chi connectivity index (χ2v) is 6.43. The number of aliphatic hydroxyl groups is 1. The molecule has 21 heavy (non-hydrogen) atoms. The fourth-order valence-electron chi connectivity index (χ4n) is 2.69. The van der Waals surface area contributed by atoms with E-state index in [2.05, 4.69) is 5.16 Å². The Labute approximate surface area is 126 Å². The summed E-state index contributed by atoms with van der Waals surface area (Å²) in [5.41, 5.74) is 0.928. The van der Waals surface area contributed by atoms with Crippen molar-refractivity contribution in [3.63, 3.8) is 0 Å². The summed E-state index contributed by atoms with van der Waals surface area (Å²) in [7, 11) is 7.98. The highest BCUT2D eigenvalue weighted by atomic mass is 16.5. The molecule has 0 saturated carbocycles. The smallest absolute Gasteiger partial charge is 0.150 e. The number of hydrogen-bond donors (Lipinski definition) is 1. The van der Waals surface area contributed by atoms with Gasteiger partial charge < -0.3 is 24.2 Å². The summed E-state index contributed by atoms with van der Waals surface area (Å²) in [5, 5.41) is 14.1. The van der Waals surface area contributed by atoms with E-state index < -0.39 is 0 Å². The van der Waals surface area contributed by atoms with E-state index in [1.807, 2.05) is 44.1 Å². The summed E-state index contributed by atoms with van der Waals surface area (Å²) in [6, 6.07) is 2.00. The summed E-state index contributed by atoms with van der Waals surface area (Å²) >= 11 is 0. The van der Waals surface area contributed by atoms with Gasteiger partial charge in [0.2, 0.25) is 0 Å². The van der Waals surface area contributed by atoms with Crippen LogP contribution in [-0.4, -0.2) is 73.1 Å². The number of likely N-dealkylation sites (N-methyl/N-ethyl adjacent to an activating group) is 1. The van der Waals surface area contributed by atoms with Crippen molar-refractivity contribution in [2.45, 2.75) is 44.1 Å². The van der Waals surface area contributed by atoms with E-state index in [-0.39, 0.29) is 18.3 Å². The third kappa shape index (κ3) is 5.07. The fraction of sp³-hybridized carbons (Fsp3) is 0.800. The third-order valence-corrected chi connectivity index (χ3v) is 3.64. The first-order valence-corrected chi connectivity index (χ1v) is 7.51. The van der Waals surface area contributed by atoms with E-state index in [9.17, 15) is 5.11 Å². The van der Waals surface area contributed by atoms with E-state index in [0.29, 0.717) is 0 Å². The lowest BCUT2D eigenvalue weighted by atomic mass is 9.98. The van der Waals surface area contributed by atoms with Gasteiger partial charge in [0.1, 0.15) is 0 Å². The van der Waals surface area contributed by atoms with Crippen molar-refractivity contribution < 1.29 is 14.4 Å². The molecule has 1 aliphatic rings. The van der Waals surface area contributed by atoms with Gasteiger partial charge in [0.15, 0.2) is 5.76 Å². The molecule has 1 saturated heterocycles. The number of ether oxygens (including phenoxy) is 1. The van der Waals surface area contributed by atoms with Crippen LogP contribution < -0.4 is 0 Å². The molecule has 3 atom stereocenters. The van der Waals surface area contributed by atoms with Crippen molar-refractivity contribution in [1.29, 1.82) is 0 Å². The minimum atomic E-state index is -0.370. The molecule has 0 unspecified atom stereocenters. The molecule has 120 valence electrons. The van der Waals surface area contributed by atoms with Gasteiger partial charge in [-0.25, -0.2) is 0 Å². The van der Waals surface area contributed by atoms with E-state index in [1.165, 1.54) is 0 Å². The molecule has 2 heterocycles. The number of aliphatic hydroxyl groups excluding tert-OH is 1. The van der Waals surface area contributed by atoms with Gasteiger partial charge in [-0.15, -0.1) is 0 Å². The minimum Gasteiger partial charge on any atom is -0.390 e. The van der Waals surface area contributed by atoms with Crippen LogP contribution >= 0.6 is 0 Å². The average molecular weight is 297 g/mol. The molecule has 0 aliphatic carbocycles. The molecule has 0 aromatic carbocycles. The predicted molar refractivity (Wildman–Crippen MR) is 80.1 cm³/mol. The molecule has 2 rings (SSSR count). The maximum absolute atomic E-state index is 10.0. The fourth-order valence-corrected chi connectivity index (χ4v) is 2.69. The molecule has 1 aromatic heterocycles. The Morgan fingerprint density at radius 3 is 2.67 bits per heavy atom. The Kier molecular flexibility index (Phi) is 5.75. The lowest BCUT2D eigenvalue weighted by molar-refractivity contribution is -0.122. The molecule has 1 N–H and O–H groups in total. The molecule has 0 bridgehead atoms. The van der Waals surface area contributed by atoms with Gasteiger partial charge in [-0.05, 0) is 41.0 Å². The normalized spacial score (nSPS) is 26.7.